The summed E-state index contributed by atoms with van der Waals surface area (Å²) in [6.07, 6.45) is 5.28. The highest BCUT2D eigenvalue weighted by molar-refractivity contribution is 6.33. The Labute approximate surface area is 183 Å². The fraction of sp³-hybridized carbons (Fsp3) is 0.174. The predicted octanol–water partition coefficient (Wildman–Crippen LogP) is 5.65. The van der Waals surface area contributed by atoms with Gasteiger partial charge in [0.25, 0.3) is 5.91 Å². The molecule has 0 unspecified atom stereocenters. The molecule has 2 aromatic carbocycles. The van der Waals surface area contributed by atoms with Crippen LogP contribution in [0.25, 0.3) is 28.0 Å². The maximum Gasteiger partial charge on any atom is 0.257 e. The van der Waals surface area contributed by atoms with E-state index in [1.807, 2.05) is 55.5 Å². The van der Waals surface area contributed by atoms with Crippen molar-refractivity contribution >= 4 is 34.8 Å². The fourth-order valence-electron chi connectivity index (χ4n) is 3.51. The highest BCUT2D eigenvalue weighted by atomic mass is 35.5. The van der Waals surface area contributed by atoms with Gasteiger partial charge in [-0.1, -0.05) is 53.5 Å². The van der Waals surface area contributed by atoms with E-state index in [2.05, 4.69) is 15.4 Å². The third kappa shape index (κ3) is 3.34. The summed E-state index contributed by atoms with van der Waals surface area (Å²) < 4.78 is 1.70. The minimum Gasteiger partial charge on any atom is -0.347 e. The van der Waals surface area contributed by atoms with Gasteiger partial charge in [0.05, 0.1) is 11.9 Å². The van der Waals surface area contributed by atoms with Gasteiger partial charge >= 0.3 is 0 Å². The van der Waals surface area contributed by atoms with E-state index in [-0.39, 0.29) is 11.4 Å². The van der Waals surface area contributed by atoms with Crippen molar-refractivity contribution in [2.24, 2.45) is 0 Å². The SMILES string of the molecule is CC1(NC(=O)c2cnn3c(-c4ccc(Cl)cc4)c(-c4ccccc4Cl)cnc23)CC1. The van der Waals surface area contributed by atoms with Crippen LogP contribution in [0.15, 0.2) is 60.9 Å². The van der Waals surface area contributed by atoms with Crippen LogP contribution in [0.5, 0.6) is 0 Å². The lowest BCUT2D eigenvalue weighted by atomic mass is 10.0. The van der Waals surface area contributed by atoms with Crippen molar-refractivity contribution < 1.29 is 4.79 Å². The summed E-state index contributed by atoms with van der Waals surface area (Å²) in [6, 6.07) is 15.1. The van der Waals surface area contributed by atoms with Crippen LogP contribution in [0.2, 0.25) is 10.0 Å². The second-order valence-electron chi connectivity index (χ2n) is 7.82. The van der Waals surface area contributed by atoms with Crippen molar-refractivity contribution in [3.63, 3.8) is 0 Å². The van der Waals surface area contributed by atoms with Crippen LogP contribution in [0.4, 0.5) is 0 Å². The van der Waals surface area contributed by atoms with E-state index < -0.39 is 0 Å². The maximum atomic E-state index is 12.8. The van der Waals surface area contributed by atoms with Crippen LogP contribution in [0.1, 0.15) is 30.1 Å². The number of rotatable bonds is 4. The van der Waals surface area contributed by atoms with Crippen LogP contribution < -0.4 is 5.32 Å². The third-order valence-electron chi connectivity index (χ3n) is 5.47. The Kier molecular flexibility index (Phi) is 4.53. The van der Waals surface area contributed by atoms with E-state index in [0.29, 0.717) is 21.3 Å². The Hall–Kier alpha value is -2.89. The number of carbonyl (C=O) groups is 1. The van der Waals surface area contributed by atoms with Gasteiger partial charge in [0.2, 0.25) is 0 Å². The third-order valence-corrected chi connectivity index (χ3v) is 6.05. The molecule has 1 fully saturated rings. The van der Waals surface area contributed by atoms with E-state index in [4.69, 9.17) is 23.2 Å². The van der Waals surface area contributed by atoms with Gasteiger partial charge in [0, 0.05) is 38.5 Å². The molecule has 7 heteroatoms. The summed E-state index contributed by atoms with van der Waals surface area (Å²) >= 11 is 12.6. The highest BCUT2D eigenvalue weighted by Gasteiger charge is 2.39. The van der Waals surface area contributed by atoms with Gasteiger partial charge in [-0.05, 0) is 38.0 Å². The molecule has 0 bridgehead atoms. The predicted molar refractivity (Wildman–Crippen MR) is 119 cm³/mol. The molecular formula is C23H18Cl2N4O. The minimum atomic E-state index is -0.162. The van der Waals surface area contributed by atoms with Gasteiger partial charge in [0.15, 0.2) is 5.65 Å². The molecule has 1 aliphatic carbocycles. The molecule has 4 aromatic rings. The number of amides is 1. The largest absolute Gasteiger partial charge is 0.347 e. The van der Waals surface area contributed by atoms with Gasteiger partial charge in [-0.2, -0.15) is 5.10 Å². The fourth-order valence-corrected chi connectivity index (χ4v) is 3.87. The summed E-state index contributed by atoms with van der Waals surface area (Å²) in [5.74, 6) is -0.162. The van der Waals surface area contributed by atoms with E-state index in [1.54, 1.807) is 16.9 Å². The average molecular weight is 437 g/mol. The zero-order valence-corrected chi connectivity index (χ0v) is 17.7. The molecule has 150 valence electrons. The van der Waals surface area contributed by atoms with Gasteiger partial charge in [-0.15, -0.1) is 0 Å². The molecule has 1 amide bonds. The summed E-state index contributed by atoms with van der Waals surface area (Å²) in [4.78, 5) is 17.4. The van der Waals surface area contributed by atoms with Gasteiger partial charge in [-0.3, -0.25) is 4.79 Å². The first-order chi connectivity index (χ1) is 14.5. The van der Waals surface area contributed by atoms with Crippen molar-refractivity contribution in [1.82, 2.24) is 19.9 Å². The number of aromatic nitrogens is 3. The van der Waals surface area contributed by atoms with Crippen LogP contribution in [0, 0.1) is 0 Å². The number of carbonyl (C=O) groups excluding carboxylic acids is 1. The normalized spacial score (nSPS) is 14.6. The molecule has 1 aliphatic rings. The van der Waals surface area contributed by atoms with Crippen LogP contribution in [0.3, 0.4) is 0 Å². The number of hydrogen-bond donors (Lipinski definition) is 1. The molecular weight excluding hydrogens is 419 g/mol. The van der Waals surface area contributed by atoms with E-state index in [9.17, 15) is 4.79 Å². The number of halogens is 2. The monoisotopic (exact) mass is 436 g/mol. The highest BCUT2D eigenvalue weighted by Crippen LogP contribution is 2.37. The van der Waals surface area contributed by atoms with Crippen LogP contribution in [-0.2, 0) is 0 Å². The lowest BCUT2D eigenvalue weighted by Gasteiger charge is -2.14. The smallest absolute Gasteiger partial charge is 0.257 e. The van der Waals surface area contributed by atoms with Crippen LogP contribution in [-0.4, -0.2) is 26.0 Å². The first-order valence-electron chi connectivity index (χ1n) is 9.65. The quantitative estimate of drug-likeness (QED) is 0.449. The molecule has 1 saturated carbocycles. The molecule has 0 saturated heterocycles. The van der Waals surface area contributed by atoms with E-state index in [0.717, 1.165) is 35.2 Å². The lowest BCUT2D eigenvalue weighted by molar-refractivity contribution is 0.0937. The second kappa shape index (κ2) is 7.11. The van der Waals surface area contributed by atoms with Crippen LogP contribution >= 0.6 is 23.2 Å². The summed E-state index contributed by atoms with van der Waals surface area (Å²) in [7, 11) is 0. The molecule has 30 heavy (non-hydrogen) atoms. The van der Waals surface area contributed by atoms with Crippen molar-refractivity contribution in [2.45, 2.75) is 25.3 Å². The lowest BCUT2D eigenvalue weighted by Crippen LogP contribution is -2.34. The standard InChI is InChI=1S/C23H18Cl2N4O/c1-23(10-11-23)28-22(30)18-13-27-29-20(14-6-8-15(24)9-7-14)17(12-26-21(18)29)16-4-2-3-5-19(16)25/h2-9,12-13H,10-11H2,1H3,(H,28,30). The Bertz CT molecular complexity index is 1280. The topological polar surface area (TPSA) is 59.3 Å². The number of fused-ring (bicyclic) bond motifs is 1. The first kappa shape index (κ1) is 19.1. The van der Waals surface area contributed by atoms with E-state index >= 15 is 0 Å². The van der Waals surface area contributed by atoms with Crippen molar-refractivity contribution in [1.29, 1.82) is 0 Å². The zero-order valence-electron chi connectivity index (χ0n) is 16.2. The zero-order chi connectivity index (χ0) is 20.9. The van der Waals surface area contributed by atoms with Gasteiger partial charge in [-0.25, -0.2) is 9.50 Å². The molecule has 5 rings (SSSR count). The Balaban J connectivity index is 1.73. The second-order valence-corrected chi connectivity index (χ2v) is 8.66. The minimum absolute atomic E-state index is 0.123. The first-order valence-corrected chi connectivity index (χ1v) is 10.4. The Morgan fingerprint density at radius 2 is 1.77 bits per heavy atom. The Morgan fingerprint density at radius 1 is 1.03 bits per heavy atom. The van der Waals surface area contributed by atoms with Crippen molar-refractivity contribution in [3.8, 4) is 22.4 Å². The summed E-state index contributed by atoms with van der Waals surface area (Å²) in [5.41, 5.74) is 4.17. The molecule has 1 N–H and O–H groups in total. The summed E-state index contributed by atoms with van der Waals surface area (Å²) in [5, 5.41) is 8.85. The number of hydrogen-bond acceptors (Lipinski definition) is 3. The van der Waals surface area contributed by atoms with Crippen molar-refractivity contribution in [3.05, 3.63) is 76.5 Å². The molecule has 5 nitrogen and oxygen atoms in total. The van der Waals surface area contributed by atoms with E-state index in [1.165, 1.54) is 0 Å². The number of nitrogens with one attached hydrogen (secondary N) is 1. The maximum absolute atomic E-state index is 12.8. The average Bonchev–Trinajstić information content (AvgIpc) is 3.29. The molecule has 0 aliphatic heterocycles. The molecule has 0 atom stereocenters. The number of nitrogens with zero attached hydrogens (tertiary/aromatic N) is 3. The van der Waals surface area contributed by atoms with Gasteiger partial charge in [0.1, 0.15) is 5.56 Å². The molecule has 0 spiro atoms. The summed E-state index contributed by atoms with van der Waals surface area (Å²) in [6.45, 7) is 2.04. The number of benzene rings is 2. The Morgan fingerprint density at radius 3 is 2.47 bits per heavy atom. The molecule has 2 heterocycles. The van der Waals surface area contributed by atoms with Gasteiger partial charge < -0.3 is 5.32 Å². The molecule has 0 radical (unpaired) electrons. The molecule has 2 aromatic heterocycles. The van der Waals surface area contributed by atoms with Crippen molar-refractivity contribution in [2.75, 3.05) is 0 Å².